The molecule has 0 aliphatic heterocycles. The van der Waals surface area contributed by atoms with Crippen LogP contribution in [0.2, 0.25) is 0 Å². The second-order valence-electron chi connectivity index (χ2n) is 12.5. The molecule has 0 unspecified atom stereocenters. The molecule has 10 aromatic rings. The van der Waals surface area contributed by atoms with Gasteiger partial charge in [-0.15, -0.1) is 0 Å². The van der Waals surface area contributed by atoms with Gasteiger partial charge < -0.3 is 13.9 Å². The zero-order valence-corrected chi connectivity index (χ0v) is 26.6. The van der Waals surface area contributed by atoms with Crippen LogP contribution in [0, 0.1) is 0 Å². The van der Waals surface area contributed by atoms with Crippen LogP contribution < -0.4 is 4.90 Å². The molecule has 230 valence electrons. The van der Waals surface area contributed by atoms with Gasteiger partial charge in [0, 0.05) is 33.2 Å². The normalized spacial score (nSPS) is 11.7. The Balaban J connectivity index is 1.23. The maximum absolute atomic E-state index is 6.59. The Morgan fingerprint density at radius 3 is 1.80 bits per heavy atom. The van der Waals surface area contributed by atoms with Gasteiger partial charge >= 0.3 is 0 Å². The van der Waals surface area contributed by atoms with Crippen LogP contribution in [0.15, 0.2) is 186 Å². The Morgan fingerprint density at radius 1 is 0.408 bits per heavy atom. The van der Waals surface area contributed by atoms with Crippen molar-refractivity contribution in [2.45, 2.75) is 0 Å². The SMILES string of the molecule is c1ccc(N(c2ccccc2)c2cccc3oc4ccc5c(-c6ccc7c8ccccc8n(-c8ccccc8)c7c6)cccc5c4c23)cc1. The zero-order valence-electron chi connectivity index (χ0n) is 26.6. The van der Waals surface area contributed by atoms with E-state index in [2.05, 4.69) is 191 Å². The second kappa shape index (κ2) is 11.0. The van der Waals surface area contributed by atoms with Crippen molar-refractivity contribution in [3.63, 3.8) is 0 Å². The van der Waals surface area contributed by atoms with Gasteiger partial charge in [0.05, 0.1) is 22.1 Å². The molecule has 0 atom stereocenters. The number of rotatable bonds is 5. The van der Waals surface area contributed by atoms with E-state index in [0.29, 0.717) is 0 Å². The first kappa shape index (κ1) is 27.5. The lowest BCUT2D eigenvalue weighted by Crippen LogP contribution is -2.09. The summed E-state index contributed by atoms with van der Waals surface area (Å²) in [5.74, 6) is 0. The Labute approximate surface area is 283 Å². The fourth-order valence-corrected chi connectivity index (χ4v) is 7.67. The van der Waals surface area contributed by atoms with Gasteiger partial charge in [0.15, 0.2) is 0 Å². The molecule has 0 saturated carbocycles. The van der Waals surface area contributed by atoms with Gasteiger partial charge in [0.25, 0.3) is 0 Å². The Morgan fingerprint density at radius 2 is 1.02 bits per heavy atom. The zero-order chi connectivity index (χ0) is 32.3. The van der Waals surface area contributed by atoms with Crippen molar-refractivity contribution in [1.29, 1.82) is 0 Å². The quantitative estimate of drug-likeness (QED) is 0.190. The second-order valence-corrected chi connectivity index (χ2v) is 12.5. The number of para-hydroxylation sites is 4. The first-order valence-electron chi connectivity index (χ1n) is 16.7. The minimum absolute atomic E-state index is 0.871. The van der Waals surface area contributed by atoms with Crippen molar-refractivity contribution in [3.8, 4) is 16.8 Å². The molecule has 0 bridgehead atoms. The highest BCUT2D eigenvalue weighted by molar-refractivity contribution is 6.25. The van der Waals surface area contributed by atoms with Gasteiger partial charge in [-0.3, -0.25) is 0 Å². The number of hydrogen-bond donors (Lipinski definition) is 0. The van der Waals surface area contributed by atoms with Crippen LogP contribution in [0.5, 0.6) is 0 Å². The van der Waals surface area contributed by atoms with Gasteiger partial charge in [-0.2, -0.15) is 0 Å². The molecule has 0 amide bonds. The van der Waals surface area contributed by atoms with Gasteiger partial charge in [-0.05, 0) is 88.6 Å². The van der Waals surface area contributed by atoms with E-state index in [1.54, 1.807) is 0 Å². The van der Waals surface area contributed by atoms with E-state index < -0.39 is 0 Å². The van der Waals surface area contributed by atoms with Crippen molar-refractivity contribution in [2.75, 3.05) is 4.90 Å². The summed E-state index contributed by atoms with van der Waals surface area (Å²) in [6.45, 7) is 0. The Hall–Kier alpha value is -6.58. The van der Waals surface area contributed by atoms with E-state index in [1.165, 1.54) is 43.7 Å². The number of aromatic nitrogens is 1. The Kier molecular flexibility index (Phi) is 6.18. The third-order valence-electron chi connectivity index (χ3n) is 9.77. The summed E-state index contributed by atoms with van der Waals surface area (Å²) in [7, 11) is 0. The Bertz CT molecular complexity index is 2770. The molecule has 3 heteroatoms. The average molecular weight is 627 g/mol. The van der Waals surface area contributed by atoms with Crippen LogP contribution in [0.1, 0.15) is 0 Å². The molecule has 2 aromatic heterocycles. The molecule has 0 aliphatic carbocycles. The number of hydrogen-bond acceptors (Lipinski definition) is 2. The summed E-state index contributed by atoms with van der Waals surface area (Å²) >= 11 is 0. The lowest BCUT2D eigenvalue weighted by molar-refractivity contribution is 0.669. The molecule has 0 radical (unpaired) electrons. The predicted octanol–water partition coefficient (Wildman–Crippen LogP) is 13.0. The lowest BCUT2D eigenvalue weighted by Gasteiger charge is -2.26. The van der Waals surface area contributed by atoms with Crippen molar-refractivity contribution < 1.29 is 4.42 Å². The van der Waals surface area contributed by atoms with E-state index in [0.717, 1.165) is 44.7 Å². The maximum Gasteiger partial charge on any atom is 0.137 e. The number of anilines is 3. The summed E-state index contributed by atoms with van der Waals surface area (Å²) in [6, 6.07) is 64.8. The van der Waals surface area contributed by atoms with Crippen LogP contribution in [-0.2, 0) is 0 Å². The van der Waals surface area contributed by atoms with E-state index in [4.69, 9.17) is 4.42 Å². The van der Waals surface area contributed by atoms with Crippen LogP contribution in [0.3, 0.4) is 0 Å². The predicted molar refractivity (Wildman–Crippen MR) is 206 cm³/mol. The number of nitrogens with zero attached hydrogens (tertiary/aromatic N) is 2. The summed E-state index contributed by atoms with van der Waals surface area (Å²) in [4.78, 5) is 2.33. The molecule has 0 spiro atoms. The van der Waals surface area contributed by atoms with Crippen LogP contribution >= 0.6 is 0 Å². The smallest absolute Gasteiger partial charge is 0.137 e. The highest BCUT2D eigenvalue weighted by atomic mass is 16.3. The van der Waals surface area contributed by atoms with Gasteiger partial charge in [0.1, 0.15) is 11.2 Å². The molecule has 0 saturated heterocycles. The van der Waals surface area contributed by atoms with Crippen LogP contribution in [0.4, 0.5) is 17.1 Å². The number of furan rings is 1. The summed E-state index contributed by atoms with van der Waals surface area (Å²) in [5.41, 5.74) is 11.0. The van der Waals surface area contributed by atoms with Crippen LogP contribution in [0.25, 0.3) is 71.3 Å². The molecule has 0 N–H and O–H groups in total. The first-order valence-corrected chi connectivity index (χ1v) is 16.7. The standard InChI is InChI=1S/C46H30N2O/c1-4-14-32(15-5-1)47(33-16-6-2-7-17-33)41-24-13-25-43-46(41)45-39-22-12-21-35(36(39)28-29-44(45)49-43)31-26-27-38-37-20-10-11-23-40(37)48(42(38)30-31)34-18-8-3-9-19-34/h1-30H. The number of benzene rings is 8. The molecule has 0 aliphatic rings. The third kappa shape index (κ3) is 4.29. The number of fused-ring (bicyclic) bond motifs is 8. The highest BCUT2D eigenvalue weighted by Gasteiger charge is 2.21. The minimum Gasteiger partial charge on any atom is -0.456 e. The van der Waals surface area contributed by atoms with E-state index in [-0.39, 0.29) is 0 Å². The lowest BCUT2D eigenvalue weighted by atomic mass is 9.94. The first-order chi connectivity index (χ1) is 24.3. The molecular weight excluding hydrogens is 597 g/mol. The molecule has 0 fully saturated rings. The van der Waals surface area contributed by atoms with Crippen molar-refractivity contribution in [2.24, 2.45) is 0 Å². The minimum atomic E-state index is 0.871. The maximum atomic E-state index is 6.59. The monoisotopic (exact) mass is 626 g/mol. The molecule has 2 heterocycles. The largest absolute Gasteiger partial charge is 0.456 e. The fraction of sp³-hybridized carbons (Fsp3) is 0. The van der Waals surface area contributed by atoms with E-state index in [1.807, 2.05) is 0 Å². The van der Waals surface area contributed by atoms with E-state index >= 15 is 0 Å². The van der Waals surface area contributed by atoms with Crippen LogP contribution in [-0.4, -0.2) is 4.57 Å². The molecular formula is C46H30N2O. The molecule has 3 nitrogen and oxygen atoms in total. The van der Waals surface area contributed by atoms with Crippen molar-refractivity contribution >= 4 is 71.6 Å². The topological polar surface area (TPSA) is 21.3 Å². The van der Waals surface area contributed by atoms with Gasteiger partial charge in [-0.1, -0.05) is 115 Å². The van der Waals surface area contributed by atoms with Gasteiger partial charge in [-0.25, -0.2) is 0 Å². The summed E-state index contributed by atoms with van der Waals surface area (Å²) < 4.78 is 8.98. The van der Waals surface area contributed by atoms with E-state index in [9.17, 15) is 0 Å². The fourth-order valence-electron chi connectivity index (χ4n) is 7.67. The molecule has 49 heavy (non-hydrogen) atoms. The molecule has 10 rings (SSSR count). The average Bonchev–Trinajstić information content (AvgIpc) is 3.72. The third-order valence-corrected chi connectivity index (χ3v) is 9.77. The molecule has 8 aromatic carbocycles. The summed E-state index contributed by atoms with van der Waals surface area (Å²) in [6.07, 6.45) is 0. The van der Waals surface area contributed by atoms with Crippen molar-refractivity contribution in [3.05, 3.63) is 182 Å². The van der Waals surface area contributed by atoms with Crippen molar-refractivity contribution in [1.82, 2.24) is 4.57 Å². The highest BCUT2D eigenvalue weighted by Crippen LogP contribution is 2.46. The van der Waals surface area contributed by atoms with Gasteiger partial charge in [0.2, 0.25) is 0 Å². The summed E-state index contributed by atoms with van der Waals surface area (Å²) in [5, 5.41) is 7.10.